The van der Waals surface area contributed by atoms with E-state index in [1.165, 1.54) is 66.3 Å². The zero-order valence-corrected chi connectivity index (χ0v) is 14.5. The Labute approximate surface area is 143 Å². The lowest BCUT2D eigenvalue weighted by molar-refractivity contribution is -0.904. The van der Waals surface area contributed by atoms with E-state index < -0.39 is 0 Å². The Hall–Kier alpha value is -1.12. The van der Waals surface area contributed by atoms with E-state index in [2.05, 4.69) is 42.5 Å². The van der Waals surface area contributed by atoms with E-state index in [1.54, 1.807) is 11.1 Å². The van der Waals surface area contributed by atoms with Crippen LogP contribution in [0.4, 0.5) is 0 Å². The molecule has 3 aliphatic rings. The van der Waals surface area contributed by atoms with Crippen molar-refractivity contribution in [3.8, 4) is 0 Å². The maximum atomic E-state index is 2.55. The highest BCUT2D eigenvalue weighted by atomic mass is 79.9. The molecule has 2 aromatic carbocycles. The highest BCUT2D eigenvalue weighted by Gasteiger charge is 2.44. The van der Waals surface area contributed by atoms with Gasteiger partial charge in [0.15, 0.2) is 0 Å². The van der Waals surface area contributed by atoms with Gasteiger partial charge in [-0.15, -0.1) is 0 Å². The van der Waals surface area contributed by atoms with E-state index >= 15 is 0 Å². The Kier molecular flexibility index (Phi) is 3.43. The third kappa shape index (κ3) is 2.08. The molecule has 0 amide bonds. The van der Waals surface area contributed by atoms with Crippen molar-refractivity contribution < 1.29 is 21.5 Å². The highest BCUT2D eigenvalue weighted by molar-refractivity contribution is 5.93. The van der Waals surface area contributed by atoms with E-state index in [0.29, 0.717) is 0 Å². The van der Waals surface area contributed by atoms with E-state index in [4.69, 9.17) is 0 Å². The van der Waals surface area contributed by atoms with Gasteiger partial charge in [-0.3, -0.25) is 0 Å². The fourth-order valence-corrected chi connectivity index (χ4v) is 5.01. The van der Waals surface area contributed by atoms with Crippen LogP contribution in [-0.2, 0) is 6.42 Å². The first-order chi connectivity index (χ1) is 10.3. The van der Waals surface area contributed by atoms with Crippen LogP contribution >= 0.6 is 0 Å². The smallest absolute Gasteiger partial charge is 0.101 e. The van der Waals surface area contributed by atoms with Crippen LogP contribution in [0.15, 0.2) is 42.0 Å². The first-order valence-corrected chi connectivity index (χ1v) is 8.39. The van der Waals surface area contributed by atoms with Crippen molar-refractivity contribution in [3.63, 3.8) is 0 Å². The molecule has 0 bridgehead atoms. The number of halogens is 1. The number of benzene rings is 2. The molecule has 2 saturated heterocycles. The van der Waals surface area contributed by atoms with Gasteiger partial charge in [0, 0.05) is 18.8 Å². The maximum absolute atomic E-state index is 2.55. The maximum Gasteiger partial charge on any atom is 0.101 e. The van der Waals surface area contributed by atoms with Crippen LogP contribution in [0.5, 0.6) is 0 Å². The van der Waals surface area contributed by atoms with Gasteiger partial charge in [-0.05, 0) is 40.0 Å². The van der Waals surface area contributed by atoms with Crippen LogP contribution in [-0.4, -0.2) is 30.7 Å². The average Bonchev–Trinajstić information content (AvgIpc) is 3.11. The molecule has 1 nitrogen and oxygen atoms in total. The van der Waals surface area contributed by atoms with Crippen LogP contribution in [0.2, 0.25) is 0 Å². The second kappa shape index (κ2) is 5.21. The molecular weight excluding hydrogens is 334 g/mol. The van der Waals surface area contributed by atoms with Gasteiger partial charge >= 0.3 is 0 Å². The molecule has 1 aliphatic carbocycles. The molecule has 1 spiro atoms. The van der Waals surface area contributed by atoms with Gasteiger partial charge in [0.05, 0.1) is 19.6 Å². The lowest BCUT2D eigenvalue weighted by Crippen LogP contribution is -3.00. The lowest BCUT2D eigenvalue weighted by Gasteiger charge is -2.28. The van der Waals surface area contributed by atoms with Crippen LogP contribution in [0.1, 0.15) is 24.0 Å². The summed E-state index contributed by atoms with van der Waals surface area (Å²) < 4.78 is 1.39. The summed E-state index contributed by atoms with van der Waals surface area (Å²) in [4.78, 5) is 0. The molecule has 0 radical (unpaired) electrons. The Morgan fingerprint density at radius 3 is 2.64 bits per heavy atom. The van der Waals surface area contributed by atoms with Crippen LogP contribution in [0.25, 0.3) is 16.8 Å². The van der Waals surface area contributed by atoms with Crippen LogP contribution in [0.3, 0.4) is 0 Å². The first-order valence-electron chi connectivity index (χ1n) is 8.39. The number of fused-ring (bicyclic) bond motifs is 4. The fraction of sp³-hybridized carbons (Fsp3) is 0.400. The lowest BCUT2D eigenvalue weighted by atomic mass is 9.83. The molecule has 0 saturated carbocycles. The van der Waals surface area contributed by atoms with E-state index in [1.807, 2.05) is 0 Å². The number of hydrogen-bond donors (Lipinski definition) is 0. The summed E-state index contributed by atoms with van der Waals surface area (Å²) in [5, 5.41) is 2.83. The number of nitrogens with zero attached hydrogens (tertiary/aromatic N) is 1. The minimum Gasteiger partial charge on any atom is -1.00 e. The molecule has 2 aromatic rings. The second-order valence-electron chi connectivity index (χ2n) is 7.32. The normalized spacial score (nSPS) is 24.7. The highest BCUT2D eigenvalue weighted by Crippen LogP contribution is 2.41. The molecule has 2 aliphatic heterocycles. The van der Waals surface area contributed by atoms with Gasteiger partial charge in [0.2, 0.25) is 0 Å². The Balaban J connectivity index is 0.00000125. The largest absolute Gasteiger partial charge is 1.00 e. The first kappa shape index (κ1) is 14.5. The van der Waals surface area contributed by atoms with Gasteiger partial charge < -0.3 is 21.5 Å². The zero-order chi connectivity index (χ0) is 13.9. The number of hydrogen-bond acceptors (Lipinski definition) is 0. The molecule has 1 unspecified atom stereocenters. The minimum absolute atomic E-state index is 0. The van der Waals surface area contributed by atoms with Crippen LogP contribution in [0, 0.1) is 5.92 Å². The molecule has 0 N–H and O–H groups in total. The van der Waals surface area contributed by atoms with Gasteiger partial charge in [0.1, 0.15) is 6.54 Å². The van der Waals surface area contributed by atoms with Gasteiger partial charge in [-0.25, -0.2) is 0 Å². The van der Waals surface area contributed by atoms with Gasteiger partial charge in [0.25, 0.3) is 0 Å². The third-order valence-corrected chi connectivity index (χ3v) is 6.02. The summed E-state index contributed by atoms with van der Waals surface area (Å²) >= 11 is 0. The summed E-state index contributed by atoms with van der Waals surface area (Å²) in [6.45, 7) is 5.57. The molecule has 5 rings (SSSR count). The molecular formula is C20H22BrN. The predicted octanol–water partition coefficient (Wildman–Crippen LogP) is 1.02. The Bertz CT molecular complexity index is 755. The number of rotatable bonds is 0. The topological polar surface area (TPSA) is 0 Å². The van der Waals surface area contributed by atoms with Gasteiger partial charge in [-0.2, -0.15) is 0 Å². The standard InChI is InChI=1S/C20H22N.BrH/c1-2-6-19-15(5-1)7-8-16-11-17-13-21(9-3-4-10-21)14-18(17)12-20(16)19;/h1-2,5-8,12,17H,3-4,9-11,13-14H2;1H/q+1;/p-1. The van der Waals surface area contributed by atoms with Crippen molar-refractivity contribution in [1.82, 2.24) is 0 Å². The van der Waals surface area contributed by atoms with Gasteiger partial charge in [-0.1, -0.05) is 36.4 Å². The summed E-state index contributed by atoms with van der Waals surface area (Å²) in [6, 6.07) is 13.5. The Morgan fingerprint density at radius 2 is 1.77 bits per heavy atom. The molecule has 22 heavy (non-hydrogen) atoms. The monoisotopic (exact) mass is 355 g/mol. The minimum atomic E-state index is 0. The van der Waals surface area contributed by atoms with Crippen molar-refractivity contribution in [2.24, 2.45) is 5.92 Å². The molecule has 2 heteroatoms. The van der Waals surface area contributed by atoms with Crippen LogP contribution < -0.4 is 17.0 Å². The molecule has 114 valence electrons. The van der Waals surface area contributed by atoms with Crippen molar-refractivity contribution in [1.29, 1.82) is 0 Å². The average molecular weight is 356 g/mol. The van der Waals surface area contributed by atoms with E-state index in [-0.39, 0.29) is 17.0 Å². The van der Waals surface area contributed by atoms with Crippen molar-refractivity contribution in [2.75, 3.05) is 26.2 Å². The summed E-state index contributed by atoms with van der Waals surface area (Å²) in [5.74, 6) is 0.816. The summed E-state index contributed by atoms with van der Waals surface area (Å²) in [6.07, 6.45) is 6.70. The molecule has 2 fully saturated rings. The molecule has 0 aromatic heterocycles. The van der Waals surface area contributed by atoms with Crippen molar-refractivity contribution in [2.45, 2.75) is 19.3 Å². The quantitative estimate of drug-likeness (QED) is 0.619. The molecule has 1 atom stereocenters. The Morgan fingerprint density at radius 1 is 0.955 bits per heavy atom. The van der Waals surface area contributed by atoms with E-state index in [9.17, 15) is 0 Å². The predicted molar refractivity (Wildman–Crippen MR) is 88.1 cm³/mol. The summed E-state index contributed by atoms with van der Waals surface area (Å²) in [7, 11) is 0. The molecule has 2 heterocycles. The zero-order valence-electron chi connectivity index (χ0n) is 12.9. The third-order valence-electron chi connectivity index (χ3n) is 6.02. The SMILES string of the molecule is C1=C2C[N+]3(CCCC3)CC2Cc2ccc3ccccc3c21.[Br-]. The number of quaternary nitrogens is 1. The van der Waals surface area contributed by atoms with Crippen molar-refractivity contribution in [3.05, 3.63) is 53.1 Å². The fourth-order valence-electron chi connectivity index (χ4n) is 5.01. The second-order valence-corrected chi connectivity index (χ2v) is 7.32. The summed E-state index contributed by atoms with van der Waals surface area (Å²) in [5.41, 5.74) is 4.82. The van der Waals surface area contributed by atoms with Crippen molar-refractivity contribution >= 4 is 16.8 Å². The van der Waals surface area contributed by atoms with E-state index in [0.717, 1.165) is 5.92 Å².